The zero-order valence-electron chi connectivity index (χ0n) is 12.2. The summed E-state index contributed by atoms with van der Waals surface area (Å²) in [6.45, 7) is 8.05. The van der Waals surface area contributed by atoms with Crippen LogP contribution >= 0.6 is 0 Å². The van der Waals surface area contributed by atoms with Gasteiger partial charge in [-0.25, -0.2) is 0 Å². The average molecular weight is 278 g/mol. The second-order valence-electron chi connectivity index (χ2n) is 5.14. The van der Waals surface area contributed by atoms with E-state index in [1.54, 1.807) is 24.3 Å². The maximum Gasteiger partial charge on any atom is 0.251 e. The lowest BCUT2D eigenvalue weighted by molar-refractivity contribution is 0.0945. The van der Waals surface area contributed by atoms with Gasteiger partial charge in [0.2, 0.25) is 0 Å². The molecule has 20 heavy (non-hydrogen) atoms. The standard InChI is InChI=1S/C15H22N2O3/c1-5-8-20-12-7-6-11(9-13(12)19-4)14(18)17-10-15(2,3)16/h5-7,9H,1,8,10,16H2,2-4H3,(H,17,18). The van der Waals surface area contributed by atoms with E-state index in [-0.39, 0.29) is 5.91 Å². The van der Waals surface area contributed by atoms with Crippen LogP contribution in [0, 0.1) is 0 Å². The van der Waals surface area contributed by atoms with Gasteiger partial charge in [0.1, 0.15) is 6.61 Å². The first-order chi connectivity index (χ1) is 9.37. The minimum Gasteiger partial charge on any atom is -0.493 e. The first-order valence-electron chi connectivity index (χ1n) is 6.36. The summed E-state index contributed by atoms with van der Waals surface area (Å²) >= 11 is 0. The van der Waals surface area contributed by atoms with Crippen LogP contribution in [0.2, 0.25) is 0 Å². The van der Waals surface area contributed by atoms with E-state index in [0.717, 1.165) is 0 Å². The molecule has 0 spiro atoms. The van der Waals surface area contributed by atoms with Gasteiger partial charge in [0.05, 0.1) is 7.11 Å². The molecule has 1 amide bonds. The van der Waals surface area contributed by atoms with E-state index in [0.29, 0.717) is 30.2 Å². The predicted molar refractivity (Wildman–Crippen MR) is 79.3 cm³/mol. The van der Waals surface area contributed by atoms with E-state index < -0.39 is 5.54 Å². The molecule has 0 aliphatic heterocycles. The van der Waals surface area contributed by atoms with Gasteiger partial charge in [-0.1, -0.05) is 12.7 Å². The van der Waals surface area contributed by atoms with Crippen molar-refractivity contribution in [1.82, 2.24) is 5.32 Å². The molecule has 0 radical (unpaired) electrons. The number of hydrogen-bond acceptors (Lipinski definition) is 4. The molecule has 0 aliphatic carbocycles. The van der Waals surface area contributed by atoms with Crippen LogP contribution in [0.3, 0.4) is 0 Å². The minimum absolute atomic E-state index is 0.197. The number of nitrogens with two attached hydrogens (primary N) is 1. The number of rotatable bonds is 7. The Kier molecular flexibility index (Phi) is 5.58. The van der Waals surface area contributed by atoms with Crippen molar-refractivity contribution in [2.75, 3.05) is 20.3 Å². The number of hydrogen-bond donors (Lipinski definition) is 2. The Hall–Kier alpha value is -2.01. The van der Waals surface area contributed by atoms with E-state index in [1.807, 2.05) is 13.8 Å². The summed E-state index contributed by atoms with van der Waals surface area (Å²) in [5.41, 5.74) is 5.87. The van der Waals surface area contributed by atoms with Crippen LogP contribution in [0.1, 0.15) is 24.2 Å². The van der Waals surface area contributed by atoms with Crippen molar-refractivity contribution in [3.8, 4) is 11.5 Å². The zero-order chi connectivity index (χ0) is 15.2. The molecule has 0 aromatic heterocycles. The smallest absolute Gasteiger partial charge is 0.251 e. The number of ether oxygens (including phenoxy) is 2. The van der Waals surface area contributed by atoms with Gasteiger partial charge in [0, 0.05) is 17.6 Å². The molecule has 1 aromatic rings. The van der Waals surface area contributed by atoms with Crippen LogP contribution in [0.5, 0.6) is 11.5 Å². The highest BCUT2D eigenvalue weighted by Crippen LogP contribution is 2.28. The van der Waals surface area contributed by atoms with Crippen LogP contribution in [0.25, 0.3) is 0 Å². The molecule has 0 aliphatic rings. The Bertz CT molecular complexity index is 478. The highest BCUT2D eigenvalue weighted by Gasteiger charge is 2.15. The monoisotopic (exact) mass is 278 g/mol. The molecule has 110 valence electrons. The van der Waals surface area contributed by atoms with Gasteiger partial charge in [0.25, 0.3) is 5.91 Å². The molecular weight excluding hydrogens is 256 g/mol. The SMILES string of the molecule is C=CCOc1ccc(C(=O)NCC(C)(C)N)cc1OC. The number of carbonyl (C=O) groups excluding carboxylic acids is 1. The van der Waals surface area contributed by atoms with E-state index in [9.17, 15) is 4.79 Å². The normalized spacial score (nSPS) is 10.8. The Morgan fingerprint density at radius 1 is 1.45 bits per heavy atom. The van der Waals surface area contributed by atoms with E-state index in [1.165, 1.54) is 7.11 Å². The fourth-order valence-electron chi connectivity index (χ4n) is 1.49. The molecular formula is C15H22N2O3. The van der Waals surface area contributed by atoms with Crippen molar-refractivity contribution in [3.63, 3.8) is 0 Å². The van der Waals surface area contributed by atoms with Crippen molar-refractivity contribution >= 4 is 5.91 Å². The molecule has 1 rings (SSSR count). The lowest BCUT2D eigenvalue weighted by Crippen LogP contribution is -2.45. The Balaban J connectivity index is 2.81. The van der Waals surface area contributed by atoms with E-state index >= 15 is 0 Å². The Morgan fingerprint density at radius 3 is 2.70 bits per heavy atom. The molecule has 1 aromatic carbocycles. The molecule has 0 fully saturated rings. The van der Waals surface area contributed by atoms with Gasteiger partial charge in [-0.15, -0.1) is 0 Å². The molecule has 0 bridgehead atoms. The maximum absolute atomic E-state index is 12.0. The summed E-state index contributed by atoms with van der Waals surface area (Å²) in [5.74, 6) is 0.881. The summed E-state index contributed by atoms with van der Waals surface area (Å²) in [6.07, 6.45) is 1.64. The molecule has 5 heteroatoms. The van der Waals surface area contributed by atoms with Gasteiger partial charge >= 0.3 is 0 Å². The second-order valence-corrected chi connectivity index (χ2v) is 5.14. The van der Waals surface area contributed by atoms with Gasteiger partial charge in [0.15, 0.2) is 11.5 Å². The molecule has 3 N–H and O–H groups in total. The molecule has 0 saturated carbocycles. The quantitative estimate of drug-likeness (QED) is 0.745. The second kappa shape index (κ2) is 6.96. The fourth-order valence-corrected chi connectivity index (χ4v) is 1.49. The fraction of sp³-hybridized carbons (Fsp3) is 0.400. The Labute approximate surface area is 119 Å². The van der Waals surface area contributed by atoms with Crippen LogP contribution in [0.15, 0.2) is 30.9 Å². The maximum atomic E-state index is 12.0. The molecule has 0 atom stereocenters. The predicted octanol–water partition coefficient (Wildman–Crippen LogP) is 1.73. The van der Waals surface area contributed by atoms with Crippen LogP contribution < -0.4 is 20.5 Å². The van der Waals surface area contributed by atoms with Crippen molar-refractivity contribution in [2.24, 2.45) is 5.73 Å². The first kappa shape index (κ1) is 16.0. The van der Waals surface area contributed by atoms with E-state index in [2.05, 4.69) is 11.9 Å². The molecule has 0 unspecified atom stereocenters. The highest BCUT2D eigenvalue weighted by atomic mass is 16.5. The molecule has 0 heterocycles. The van der Waals surface area contributed by atoms with Gasteiger partial charge in [-0.3, -0.25) is 4.79 Å². The summed E-state index contributed by atoms with van der Waals surface area (Å²) in [6, 6.07) is 5.02. The van der Waals surface area contributed by atoms with Gasteiger partial charge in [-0.05, 0) is 32.0 Å². The minimum atomic E-state index is -0.452. The molecule has 5 nitrogen and oxygen atoms in total. The number of amides is 1. The van der Waals surface area contributed by atoms with Gasteiger partial charge < -0.3 is 20.5 Å². The van der Waals surface area contributed by atoms with E-state index in [4.69, 9.17) is 15.2 Å². The van der Waals surface area contributed by atoms with Crippen molar-refractivity contribution < 1.29 is 14.3 Å². The summed E-state index contributed by atoms with van der Waals surface area (Å²) < 4.78 is 10.6. The van der Waals surface area contributed by atoms with Crippen LogP contribution in [0.4, 0.5) is 0 Å². The summed E-state index contributed by atoms with van der Waals surface area (Å²) in [5, 5.41) is 2.78. The van der Waals surface area contributed by atoms with Crippen LogP contribution in [-0.2, 0) is 0 Å². The summed E-state index contributed by atoms with van der Waals surface area (Å²) in [4.78, 5) is 12.0. The number of methoxy groups -OCH3 is 1. The average Bonchev–Trinajstić information content (AvgIpc) is 2.41. The topological polar surface area (TPSA) is 73.6 Å². The van der Waals surface area contributed by atoms with Gasteiger partial charge in [-0.2, -0.15) is 0 Å². The van der Waals surface area contributed by atoms with Crippen molar-refractivity contribution in [3.05, 3.63) is 36.4 Å². The number of carbonyl (C=O) groups is 1. The zero-order valence-corrected chi connectivity index (χ0v) is 12.2. The third-order valence-corrected chi connectivity index (χ3v) is 2.49. The van der Waals surface area contributed by atoms with Crippen molar-refractivity contribution in [1.29, 1.82) is 0 Å². The summed E-state index contributed by atoms with van der Waals surface area (Å²) in [7, 11) is 1.53. The number of benzene rings is 1. The Morgan fingerprint density at radius 2 is 2.15 bits per heavy atom. The first-order valence-corrected chi connectivity index (χ1v) is 6.36. The van der Waals surface area contributed by atoms with Crippen LogP contribution in [-0.4, -0.2) is 31.7 Å². The third-order valence-electron chi connectivity index (χ3n) is 2.49. The van der Waals surface area contributed by atoms with Crippen molar-refractivity contribution in [2.45, 2.75) is 19.4 Å². The third kappa shape index (κ3) is 4.93. The number of nitrogens with one attached hydrogen (secondary N) is 1. The highest BCUT2D eigenvalue weighted by molar-refractivity contribution is 5.94. The largest absolute Gasteiger partial charge is 0.493 e. The lowest BCUT2D eigenvalue weighted by atomic mass is 10.1. The molecule has 0 saturated heterocycles. The lowest BCUT2D eigenvalue weighted by Gasteiger charge is -2.19.